The third-order valence-corrected chi connectivity index (χ3v) is 6.18. The Bertz CT molecular complexity index is 913. The Morgan fingerprint density at radius 1 is 1.30 bits per heavy atom. The number of hydrogen-bond donors (Lipinski definition) is 3. The number of aromatic hydroxyl groups is 1. The summed E-state index contributed by atoms with van der Waals surface area (Å²) in [4.78, 5) is 7.30. The van der Waals surface area contributed by atoms with E-state index < -0.39 is 0 Å². The average molecular weight is 390 g/mol. The molecule has 1 aliphatic heterocycles. The topological polar surface area (TPSA) is 84.3 Å². The number of aryl methyl sites for hydroxylation is 1. The highest BCUT2D eigenvalue weighted by molar-refractivity contribution is 7.17. The summed E-state index contributed by atoms with van der Waals surface area (Å²) in [6.07, 6.45) is 1.31. The van der Waals surface area contributed by atoms with E-state index in [2.05, 4.69) is 22.2 Å². The van der Waals surface area contributed by atoms with Crippen LogP contribution in [0.2, 0.25) is 0 Å². The van der Waals surface area contributed by atoms with Crippen molar-refractivity contribution < 1.29 is 19.8 Å². The number of quaternary nitrogens is 1. The number of nitrogens with zero attached hydrogens (tertiary/aromatic N) is 3. The maximum absolute atomic E-state index is 10.8. The van der Waals surface area contributed by atoms with Crippen LogP contribution in [0.25, 0.3) is 4.96 Å². The number of fused-ring (bicyclic) bond motifs is 1. The molecule has 1 aromatic carbocycles. The third-order valence-electron chi connectivity index (χ3n) is 5.10. The van der Waals surface area contributed by atoms with Crippen LogP contribution in [0, 0.1) is 6.92 Å². The van der Waals surface area contributed by atoms with Gasteiger partial charge in [0, 0.05) is 18.4 Å². The maximum Gasteiger partial charge on any atom is 0.235 e. The molecule has 0 spiro atoms. The molecule has 1 fully saturated rings. The third kappa shape index (κ3) is 3.52. The molecule has 1 aliphatic rings. The van der Waals surface area contributed by atoms with Crippen molar-refractivity contribution in [3.63, 3.8) is 0 Å². The molecule has 0 bridgehead atoms. The number of rotatable bonds is 5. The number of aliphatic hydroxyl groups is 1. The van der Waals surface area contributed by atoms with Gasteiger partial charge >= 0.3 is 0 Å². The van der Waals surface area contributed by atoms with Gasteiger partial charge in [0.05, 0.1) is 25.8 Å². The number of likely N-dealkylation sites (tertiary alicyclic amines) is 1. The van der Waals surface area contributed by atoms with Crippen LogP contribution >= 0.6 is 11.3 Å². The normalized spacial score (nSPS) is 21.4. The summed E-state index contributed by atoms with van der Waals surface area (Å²) in [5, 5.41) is 25.1. The summed E-state index contributed by atoms with van der Waals surface area (Å²) in [5.41, 5.74) is 1.11. The molecule has 3 aromatic rings. The highest BCUT2D eigenvalue weighted by Crippen LogP contribution is 2.35. The van der Waals surface area contributed by atoms with Crippen molar-refractivity contribution in [2.75, 3.05) is 19.7 Å². The summed E-state index contributed by atoms with van der Waals surface area (Å²) < 4.78 is 7.09. The van der Waals surface area contributed by atoms with Crippen LogP contribution in [0.4, 0.5) is 0 Å². The first-order valence-electron chi connectivity index (χ1n) is 9.37. The lowest BCUT2D eigenvalue weighted by atomic mass is 9.99. The molecule has 7 nitrogen and oxygen atoms in total. The van der Waals surface area contributed by atoms with Crippen molar-refractivity contribution in [1.29, 1.82) is 0 Å². The van der Waals surface area contributed by atoms with Gasteiger partial charge in [0.25, 0.3) is 0 Å². The van der Waals surface area contributed by atoms with Gasteiger partial charge in [-0.15, -0.1) is 5.10 Å². The Balaban J connectivity index is 1.74. The zero-order chi connectivity index (χ0) is 19.0. The molecular formula is C19H25N4O3S+. The molecule has 4 rings (SSSR count). The van der Waals surface area contributed by atoms with Crippen LogP contribution in [0.1, 0.15) is 42.1 Å². The first-order valence-corrected chi connectivity index (χ1v) is 10.2. The minimum atomic E-state index is -0.228. The SMILES string of the molecule is CCOc1ccc([C@@H](c2sc3nc(C)nn3c2O)[NH+]2CCC(O)CC2)cc1. The lowest BCUT2D eigenvalue weighted by Crippen LogP contribution is -3.13. The van der Waals surface area contributed by atoms with Crippen LogP contribution in [0.3, 0.4) is 0 Å². The lowest BCUT2D eigenvalue weighted by molar-refractivity contribution is -0.931. The Hall–Kier alpha value is -2.16. The van der Waals surface area contributed by atoms with Crippen molar-refractivity contribution in [3.8, 4) is 11.6 Å². The number of aromatic nitrogens is 3. The molecule has 3 heterocycles. The molecule has 0 unspecified atom stereocenters. The number of piperidine rings is 1. The molecule has 0 aliphatic carbocycles. The second-order valence-electron chi connectivity index (χ2n) is 6.97. The molecule has 0 saturated carbocycles. The first-order chi connectivity index (χ1) is 13.1. The fraction of sp³-hybridized carbons (Fsp3) is 0.474. The van der Waals surface area contributed by atoms with E-state index in [1.807, 2.05) is 26.0 Å². The second kappa shape index (κ2) is 7.46. The molecule has 1 saturated heterocycles. The van der Waals surface area contributed by atoms with Gasteiger partial charge in [-0.2, -0.15) is 4.52 Å². The number of hydrogen-bond acceptors (Lipinski definition) is 6. The van der Waals surface area contributed by atoms with E-state index in [1.54, 1.807) is 0 Å². The van der Waals surface area contributed by atoms with Gasteiger partial charge in [0.1, 0.15) is 16.5 Å². The van der Waals surface area contributed by atoms with Gasteiger partial charge in [0.15, 0.2) is 6.04 Å². The molecular weight excluding hydrogens is 364 g/mol. The number of nitrogens with one attached hydrogen (secondary N) is 1. The van der Waals surface area contributed by atoms with E-state index in [0.29, 0.717) is 17.4 Å². The highest BCUT2D eigenvalue weighted by Gasteiger charge is 2.35. The minimum absolute atomic E-state index is 0.0259. The Kier molecular flexibility index (Phi) is 5.03. The molecule has 1 atom stereocenters. The van der Waals surface area contributed by atoms with Crippen molar-refractivity contribution in [2.45, 2.75) is 38.8 Å². The summed E-state index contributed by atoms with van der Waals surface area (Å²) in [7, 11) is 0. The highest BCUT2D eigenvalue weighted by atomic mass is 32.1. The monoisotopic (exact) mass is 389 g/mol. The smallest absolute Gasteiger partial charge is 0.235 e. The largest absolute Gasteiger partial charge is 0.494 e. The molecule has 3 N–H and O–H groups in total. The molecule has 2 aromatic heterocycles. The van der Waals surface area contributed by atoms with Crippen molar-refractivity contribution >= 4 is 16.3 Å². The Morgan fingerprint density at radius 2 is 2.00 bits per heavy atom. The van der Waals surface area contributed by atoms with Gasteiger partial charge in [0.2, 0.25) is 10.8 Å². The summed E-state index contributed by atoms with van der Waals surface area (Å²) in [6, 6.07) is 8.05. The van der Waals surface area contributed by atoms with Crippen molar-refractivity contribution in [1.82, 2.24) is 14.6 Å². The maximum atomic E-state index is 10.8. The molecule has 27 heavy (non-hydrogen) atoms. The molecule has 8 heteroatoms. The zero-order valence-corrected chi connectivity index (χ0v) is 16.4. The summed E-state index contributed by atoms with van der Waals surface area (Å²) in [6.45, 7) is 6.12. The summed E-state index contributed by atoms with van der Waals surface area (Å²) >= 11 is 1.48. The van der Waals surface area contributed by atoms with Crippen LogP contribution in [-0.2, 0) is 0 Å². The van der Waals surface area contributed by atoms with Crippen LogP contribution < -0.4 is 9.64 Å². The minimum Gasteiger partial charge on any atom is -0.494 e. The first kappa shape index (κ1) is 18.2. The number of thiazole rings is 1. The van der Waals surface area contributed by atoms with Crippen molar-refractivity contribution in [2.24, 2.45) is 0 Å². The lowest BCUT2D eigenvalue weighted by Gasteiger charge is -2.33. The molecule has 0 amide bonds. The fourth-order valence-electron chi connectivity index (χ4n) is 3.79. The van der Waals surface area contributed by atoms with E-state index in [9.17, 15) is 10.2 Å². The second-order valence-corrected chi connectivity index (χ2v) is 7.98. The van der Waals surface area contributed by atoms with Crippen LogP contribution in [0.5, 0.6) is 11.6 Å². The molecule has 0 radical (unpaired) electrons. The van der Waals surface area contributed by atoms with Gasteiger partial charge in [-0.05, 0) is 38.1 Å². The number of ether oxygens (including phenoxy) is 1. The van der Waals surface area contributed by atoms with E-state index >= 15 is 0 Å². The predicted molar refractivity (Wildman–Crippen MR) is 103 cm³/mol. The quantitative estimate of drug-likeness (QED) is 0.613. The van der Waals surface area contributed by atoms with Gasteiger partial charge in [-0.3, -0.25) is 0 Å². The van der Waals surface area contributed by atoms with E-state index in [-0.39, 0.29) is 18.0 Å². The van der Waals surface area contributed by atoms with Crippen molar-refractivity contribution in [3.05, 3.63) is 40.5 Å². The van der Waals surface area contributed by atoms with Crippen LogP contribution in [-0.4, -0.2) is 50.6 Å². The predicted octanol–water partition coefficient (Wildman–Crippen LogP) is 1.33. The van der Waals surface area contributed by atoms with Crippen LogP contribution in [0.15, 0.2) is 24.3 Å². The zero-order valence-electron chi connectivity index (χ0n) is 15.6. The average Bonchev–Trinajstić information content (AvgIpc) is 3.16. The molecule has 144 valence electrons. The van der Waals surface area contributed by atoms with E-state index in [4.69, 9.17) is 4.74 Å². The van der Waals surface area contributed by atoms with Gasteiger partial charge in [-0.1, -0.05) is 11.3 Å². The Labute approximate surface area is 161 Å². The Morgan fingerprint density at radius 3 is 2.63 bits per heavy atom. The van der Waals surface area contributed by atoms with Gasteiger partial charge < -0.3 is 19.8 Å². The van der Waals surface area contributed by atoms with E-state index in [1.165, 1.54) is 20.8 Å². The summed E-state index contributed by atoms with van der Waals surface area (Å²) in [5.74, 6) is 1.65. The van der Waals surface area contributed by atoms with E-state index in [0.717, 1.165) is 42.1 Å². The number of benzene rings is 1. The number of aliphatic hydroxyl groups excluding tert-OH is 1. The standard InChI is InChI=1S/C19H24N4O3S/c1-3-26-15-6-4-13(5-7-15)16(22-10-8-14(24)9-11-22)17-18(25)23-19(27-17)20-12(2)21-23/h4-7,14,16,24-25H,3,8-11H2,1-2H3/p+1/t16-/m0/s1. The van der Waals surface area contributed by atoms with Gasteiger partial charge in [-0.25, -0.2) is 4.98 Å². The fourth-order valence-corrected chi connectivity index (χ4v) is 4.98.